The van der Waals surface area contributed by atoms with Crippen molar-refractivity contribution < 1.29 is 5.11 Å². The van der Waals surface area contributed by atoms with Crippen LogP contribution in [0, 0.1) is 0 Å². The molecule has 3 N–H and O–H groups in total. The molecule has 0 aromatic heterocycles. The first kappa shape index (κ1) is 9.95. The molecule has 0 aromatic rings. The molecule has 1 aliphatic carbocycles. The van der Waals surface area contributed by atoms with Crippen LogP contribution >= 0.6 is 12.4 Å². The quantitative estimate of drug-likeness (QED) is 0.606. The second-order valence-electron chi connectivity index (χ2n) is 2.65. The predicted molar refractivity (Wildman–Crippen MR) is 44.2 cm³/mol. The maximum absolute atomic E-state index is 8.39. The highest BCUT2D eigenvalue weighted by Gasteiger charge is 2.34. The molecule has 0 unspecified atom stereocenters. The summed E-state index contributed by atoms with van der Waals surface area (Å²) in [6.07, 6.45) is 6.90. The lowest BCUT2D eigenvalue weighted by Gasteiger charge is -1.96. The number of hydrogen-bond acceptors (Lipinski definition) is 2. The number of halogens is 1. The summed E-state index contributed by atoms with van der Waals surface area (Å²) in [5.74, 6) is 0. The van der Waals surface area contributed by atoms with Gasteiger partial charge in [-0.1, -0.05) is 12.2 Å². The summed E-state index contributed by atoms with van der Waals surface area (Å²) in [5.41, 5.74) is 5.73. The zero-order valence-corrected chi connectivity index (χ0v) is 6.73. The molecule has 1 aliphatic rings. The maximum atomic E-state index is 8.39. The van der Waals surface area contributed by atoms with Gasteiger partial charge in [0.1, 0.15) is 0 Å². The van der Waals surface area contributed by atoms with E-state index in [1.165, 1.54) is 0 Å². The fourth-order valence-corrected chi connectivity index (χ4v) is 0.704. The average molecular weight is 164 g/mol. The minimum Gasteiger partial charge on any atom is -0.396 e. The van der Waals surface area contributed by atoms with Crippen molar-refractivity contribution in [3.05, 3.63) is 12.2 Å². The molecular formula is C7H14ClNO. The van der Waals surface area contributed by atoms with Crippen molar-refractivity contribution in [2.24, 2.45) is 5.73 Å². The molecule has 60 valence electrons. The highest BCUT2D eigenvalue weighted by molar-refractivity contribution is 5.85. The van der Waals surface area contributed by atoms with Gasteiger partial charge in [-0.15, -0.1) is 12.4 Å². The molecule has 0 amide bonds. The second kappa shape index (κ2) is 3.96. The van der Waals surface area contributed by atoms with Crippen LogP contribution in [0.15, 0.2) is 12.2 Å². The summed E-state index contributed by atoms with van der Waals surface area (Å²) >= 11 is 0. The van der Waals surface area contributed by atoms with Crippen LogP contribution in [-0.2, 0) is 0 Å². The molecule has 10 heavy (non-hydrogen) atoms. The Kier molecular flexibility index (Phi) is 3.94. The summed E-state index contributed by atoms with van der Waals surface area (Å²) in [6.45, 7) is 0.229. The third kappa shape index (κ3) is 3.20. The Morgan fingerprint density at radius 1 is 1.50 bits per heavy atom. The van der Waals surface area contributed by atoms with E-state index < -0.39 is 0 Å². The molecule has 3 heteroatoms. The molecule has 0 aliphatic heterocycles. The Labute approximate surface area is 67.5 Å². The van der Waals surface area contributed by atoms with Crippen LogP contribution in [0.3, 0.4) is 0 Å². The molecule has 1 fully saturated rings. The predicted octanol–water partition coefficient (Wildman–Crippen LogP) is 0.838. The van der Waals surface area contributed by atoms with Gasteiger partial charge >= 0.3 is 0 Å². The number of hydrogen-bond donors (Lipinski definition) is 2. The first-order chi connectivity index (χ1) is 4.27. The average Bonchev–Trinajstić information content (AvgIpc) is 2.50. The fourth-order valence-electron chi connectivity index (χ4n) is 0.704. The van der Waals surface area contributed by atoms with Crippen LogP contribution in [-0.4, -0.2) is 17.3 Å². The largest absolute Gasteiger partial charge is 0.396 e. The highest BCUT2D eigenvalue weighted by atomic mass is 35.5. The maximum Gasteiger partial charge on any atom is 0.0465 e. The molecular weight excluding hydrogens is 150 g/mol. The molecule has 1 saturated carbocycles. The van der Waals surface area contributed by atoms with Gasteiger partial charge in [-0.25, -0.2) is 0 Å². The summed E-state index contributed by atoms with van der Waals surface area (Å²) in [7, 11) is 0. The van der Waals surface area contributed by atoms with Gasteiger partial charge in [0.2, 0.25) is 0 Å². The number of nitrogens with two attached hydrogens (primary N) is 1. The van der Waals surface area contributed by atoms with Crippen LogP contribution in [0.1, 0.15) is 19.3 Å². The van der Waals surface area contributed by atoms with Crippen molar-refractivity contribution in [1.82, 2.24) is 0 Å². The molecule has 0 atom stereocenters. The summed E-state index contributed by atoms with van der Waals surface area (Å²) < 4.78 is 0. The van der Waals surface area contributed by atoms with Gasteiger partial charge in [0.05, 0.1) is 0 Å². The molecule has 0 saturated heterocycles. The van der Waals surface area contributed by atoms with E-state index in [9.17, 15) is 0 Å². The van der Waals surface area contributed by atoms with Crippen LogP contribution in [0.5, 0.6) is 0 Å². The van der Waals surface area contributed by atoms with Crippen molar-refractivity contribution in [3.63, 3.8) is 0 Å². The van der Waals surface area contributed by atoms with Crippen LogP contribution in [0.25, 0.3) is 0 Å². The molecule has 0 radical (unpaired) electrons. The van der Waals surface area contributed by atoms with E-state index in [0.717, 1.165) is 19.3 Å². The summed E-state index contributed by atoms with van der Waals surface area (Å²) in [5, 5.41) is 8.39. The van der Waals surface area contributed by atoms with Crippen molar-refractivity contribution >= 4 is 12.4 Å². The normalized spacial score (nSPS) is 20.6. The van der Waals surface area contributed by atoms with Crippen molar-refractivity contribution in [2.75, 3.05) is 6.61 Å². The van der Waals surface area contributed by atoms with E-state index in [1.54, 1.807) is 0 Å². The summed E-state index contributed by atoms with van der Waals surface area (Å²) in [4.78, 5) is 0. The van der Waals surface area contributed by atoms with E-state index in [0.29, 0.717) is 0 Å². The molecule has 0 bridgehead atoms. The Bertz CT molecular complexity index is 121. The second-order valence-corrected chi connectivity index (χ2v) is 2.65. The van der Waals surface area contributed by atoms with Gasteiger partial charge in [0.15, 0.2) is 0 Å². The fraction of sp³-hybridized carbons (Fsp3) is 0.714. The number of aliphatic hydroxyl groups excluding tert-OH is 1. The zero-order chi connectivity index (χ0) is 6.74. The highest BCUT2D eigenvalue weighted by Crippen LogP contribution is 2.33. The van der Waals surface area contributed by atoms with Crippen LogP contribution in [0.2, 0.25) is 0 Å². The van der Waals surface area contributed by atoms with E-state index in [2.05, 4.69) is 0 Å². The lowest BCUT2D eigenvalue weighted by molar-refractivity contribution is 0.302. The monoisotopic (exact) mass is 163 g/mol. The minimum absolute atomic E-state index is 0. The van der Waals surface area contributed by atoms with Gasteiger partial charge in [-0.05, 0) is 19.3 Å². The molecule has 0 heterocycles. The molecule has 1 rings (SSSR count). The Morgan fingerprint density at radius 2 is 2.10 bits per heavy atom. The Hall–Kier alpha value is -0.0500. The van der Waals surface area contributed by atoms with Crippen LogP contribution < -0.4 is 5.73 Å². The van der Waals surface area contributed by atoms with Gasteiger partial charge in [-0.3, -0.25) is 0 Å². The zero-order valence-electron chi connectivity index (χ0n) is 5.92. The molecule has 2 nitrogen and oxygen atoms in total. The van der Waals surface area contributed by atoms with E-state index >= 15 is 0 Å². The van der Waals surface area contributed by atoms with E-state index in [4.69, 9.17) is 10.8 Å². The van der Waals surface area contributed by atoms with Gasteiger partial charge in [-0.2, -0.15) is 0 Å². The SMILES string of the molecule is Cl.NC1(C=CCCO)CC1. The number of aliphatic hydroxyl groups is 1. The van der Waals surface area contributed by atoms with E-state index in [-0.39, 0.29) is 24.6 Å². The topological polar surface area (TPSA) is 46.2 Å². The Balaban J connectivity index is 0.000000810. The third-order valence-corrected chi connectivity index (χ3v) is 1.57. The summed E-state index contributed by atoms with van der Waals surface area (Å²) in [6, 6.07) is 0. The minimum atomic E-state index is 0. The smallest absolute Gasteiger partial charge is 0.0465 e. The lowest BCUT2D eigenvalue weighted by Crippen LogP contribution is -2.17. The van der Waals surface area contributed by atoms with Crippen molar-refractivity contribution in [2.45, 2.75) is 24.8 Å². The molecule has 0 spiro atoms. The molecule has 0 aromatic carbocycles. The van der Waals surface area contributed by atoms with Crippen molar-refractivity contribution in [3.8, 4) is 0 Å². The van der Waals surface area contributed by atoms with Crippen molar-refractivity contribution in [1.29, 1.82) is 0 Å². The van der Waals surface area contributed by atoms with Gasteiger partial charge < -0.3 is 10.8 Å². The standard InChI is InChI=1S/C7H13NO.ClH/c8-7(4-5-7)3-1-2-6-9;/h1,3,9H,2,4-6,8H2;1H. The third-order valence-electron chi connectivity index (χ3n) is 1.57. The van der Waals surface area contributed by atoms with Gasteiger partial charge in [0, 0.05) is 12.1 Å². The lowest BCUT2D eigenvalue weighted by atomic mass is 10.2. The number of rotatable bonds is 3. The first-order valence-corrected chi connectivity index (χ1v) is 3.34. The van der Waals surface area contributed by atoms with Crippen LogP contribution in [0.4, 0.5) is 0 Å². The first-order valence-electron chi connectivity index (χ1n) is 3.34. The van der Waals surface area contributed by atoms with Gasteiger partial charge in [0.25, 0.3) is 0 Å². The van der Waals surface area contributed by atoms with E-state index in [1.807, 2.05) is 12.2 Å². The Morgan fingerprint density at radius 3 is 2.50 bits per heavy atom.